The van der Waals surface area contributed by atoms with Crippen LogP contribution in [0.1, 0.15) is 76.3 Å². The van der Waals surface area contributed by atoms with Crippen LogP contribution in [0.3, 0.4) is 0 Å². The Morgan fingerprint density at radius 1 is 0.923 bits per heavy atom. The number of rotatable bonds is 7. The number of aromatic hydroxyl groups is 1. The summed E-state index contributed by atoms with van der Waals surface area (Å²) in [5.74, 6) is 1.37. The van der Waals surface area contributed by atoms with Gasteiger partial charge in [0.2, 0.25) is 0 Å². The Morgan fingerprint density at radius 3 is 2.00 bits per heavy atom. The molecule has 2 aromatic carbocycles. The predicted octanol–water partition coefficient (Wildman–Crippen LogP) is 8.24. The van der Waals surface area contributed by atoms with E-state index in [9.17, 15) is 5.11 Å². The SMILES string of the molecule is CCCC(C)c1cc(O)c(-c2ccccc2)c(C(C)CCC)c1.[Cl][Ti][Cl]. The molecule has 0 saturated carbocycles. The van der Waals surface area contributed by atoms with Gasteiger partial charge >= 0.3 is 35.6 Å². The van der Waals surface area contributed by atoms with Crippen LogP contribution in [0, 0.1) is 0 Å². The van der Waals surface area contributed by atoms with Gasteiger partial charge < -0.3 is 5.11 Å². The van der Waals surface area contributed by atoms with E-state index in [1.165, 1.54) is 17.5 Å². The van der Waals surface area contributed by atoms with Crippen molar-refractivity contribution in [1.29, 1.82) is 0 Å². The molecule has 0 amide bonds. The van der Waals surface area contributed by atoms with Crippen LogP contribution in [0.2, 0.25) is 0 Å². The zero-order valence-corrected chi connectivity index (χ0v) is 19.3. The summed E-state index contributed by atoms with van der Waals surface area (Å²) in [5, 5.41) is 10.8. The first-order chi connectivity index (χ1) is 12.5. The van der Waals surface area contributed by atoms with E-state index in [1.54, 1.807) is 0 Å². The van der Waals surface area contributed by atoms with Crippen molar-refractivity contribution in [2.75, 3.05) is 0 Å². The number of hydrogen-bond acceptors (Lipinski definition) is 1. The molecule has 0 saturated heterocycles. The summed E-state index contributed by atoms with van der Waals surface area (Å²) >= 11 is -0.556. The molecule has 0 radical (unpaired) electrons. The van der Waals surface area contributed by atoms with Gasteiger partial charge in [-0.15, -0.1) is 0 Å². The van der Waals surface area contributed by atoms with Gasteiger partial charge in [0.25, 0.3) is 0 Å². The third-order valence-corrected chi connectivity index (χ3v) is 4.78. The average molecular weight is 429 g/mol. The van der Waals surface area contributed by atoms with Crippen LogP contribution in [0.25, 0.3) is 11.1 Å². The van der Waals surface area contributed by atoms with Crippen molar-refractivity contribution in [2.45, 2.75) is 65.2 Å². The van der Waals surface area contributed by atoms with Crippen molar-refractivity contribution in [3.05, 3.63) is 53.6 Å². The number of phenolic OH excluding ortho intramolecular Hbond substituents is 1. The molecular weight excluding hydrogens is 399 g/mol. The molecule has 0 bridgehead atoms. The molecule has 0 fully saturated rings. The van der Waals surface area contributed by atoms with Gasteiger partial charge in [0, 0.05) is 5.56 Å². The quantitative estimate of drug-likeness (QED) is 0.440. The summed E-state index contributed by atoms with van der Waals surface area (Å²) in [7, 11) is 9.78. The van der Waals surface area contributed by atoms with Crippen molar-refractivity contribution in [2.24, 2.45) is 0 Å². The summed E-state index contributed by atoms with van der Waals surface area (Å²) < 4.78 is 0. The molecule has 142 valence electrons. The third-order valence-electron chi connectivity index (χ3n) is 4.78. The molecule has 2 unspecified atom stereocenters. The molecule has 0 heterocycles. The summed E-state index contributed by atoms with van der Waals surface area (Å²) in [6.07, 6.45) is 4.63. The van der Waals surface area contributed by atoms with Gasteiger partial charge in [-0.25, -0.2) is 0 Å². The Balaban J connectivity index is 0.00000105. The first kappa shape index (κ1) is 23.6. The first-order valence-electron chi connectivity index (χ1n) is 9.38. The molecule has 4 heteroatoms. The number of phenols is 1. The second kappa shape index (κ2) is 12.8. The van der Waals surface area contributed by atoms with Crippen molar-refractivity contribution >= 4 is 18.6 Å². The van der Waals surface area contributed by atoms with Gasteiger partial charge in [-0.1, -0.05) is 76.9 Å². The molecule has 0 aliphatic carbocycles. The molecular formula is C22H30Cl2OTi. The Kier molecular flexibility index (Phi) is 11.6. The monoisotopic (exact) mass is 428 g/mol. The van der Waals surface area contributed by atoms with E-state index in [4.69, 9.17) is 18.6 Å². The van der Waals surface area contributed by atoms with E-state index < -0.39 is 17.0 Å². The fourth-order valence-electron chi connectivity index (χ4n) is 3.45. The van der Waals surface area contributed by atoms with Crippen molar-refractivity contribution in [1.82, 2.24) is 0 Å². The normalized spacial score (nSPS) is 12.7. The van der Waals surface area contributed by atoms with Crippen molar-refractivity contribution < 1.29 is 22.1 Å². The topological polar surface area (TPSA) is 20.2 Å². The van der Waals surface area contributed by atoms with Gasteiger partial charge in [0.15, 0.2) is 0 Å². The predicted molar refractivity (Wildman–Crippen MR) is 112 cm³/mol. The third kappa shape index (κ3) is 6.93. The molecule has 0 spiro atoms. The second-order valence-electron chi connectivity index (χ2n) is 6.82. The van der Waals surface area contributed by atoms with E-state index >= 15 is 0 Å². The Labute approximate surface area is 175 Å². The molecule has 1 N–H and O–H groups in total. The van der Waals surface area contributed by atoms with Gasteiger partial charge in [-0.05, 0) is 47.4 Å². The molecule has 2 rings (SSSR count). The zero-order valence-electron chi connectivity index (χ0n) is 16.2. The Morgan fingerprint density at radius 2 is 1.46 bits per heavy atom. The average Bonchev–Trinajstić information content (AvgIpc) is 2.63. The van der Waals surface area contributed by atoms with Gasteiger partial charge in [0.05, 0.1) is 0 Å². The summed E-state index contributed by atoms with van der Waals surface area (Å²) in [6, 6.07) is 14.6. The standard InChI is InChI=1S/C22H30O.2ClH.Ti/c1-5-10-16(3)19-14-20(17(4)11-6-2)22(21(23)15-19)18-12-8-7-9-13-18;;;/h7-9,12-17,23H,5-6,10-11H2,1-4H3;2*1H;/q;;;+2/p-2. The molecule has 0 aliphatic heterocycles. The van der Waals surface area contributed by atoms with E-state index in [-0.39, 0.29) is 0 Å². The summed E-state index contributed by atoms with van der Waals surface area (Å²) in [6.45, 7) is 8.98. The van der Waals surface area contributed by atoms with Crippen LogP contribution in [0.4, 0.5) is 0 Å². The molecule has 0 aromatic heterocycles. The van der Waals surface area contributed by atoms with Crippen molar-refractivity contribution in [3.63, 3.8) is 0 Å². The van der Waals surface area contributed by atoms with Crippen LogP contribution in [-0.2, 0) is 17.0 Å². The molecule has 2 atom stereocenters. The summed E-state index contributed by atoms with van der Waals surface area (Å²) in [5.41, 5.74) is 4.68. The number of halogens is 2. The maximum atomic E-state index is 10.8. The fourth-order valence-corrected chi connectivity index (χ4v) is 3.45. The fraction of sp³-hybridized carbons (Fsp3) is 0.455. The van der Waals surface area contributed by atoms with Gasteiger partial charge in [0.1, 0.15) is 5.75 Å². The first-order valence-corrected chi connectivity index (χ1v) is 13.7. The van der Waals surface area contributed by atoms with Gasteiger partial charge in [-0.3, -0.25) is 0 Å². The van der Waals surface area contributed by atoms with Crippen LogP contribution in [-0.4, -0.2) is 5.11 Å². The summed E-state index contributed by atoms with van der Waals surface area (Å²) in [4.78, 5) is 0. The van der Waals surface area contributed by atoms with Crippen LogP contribution in [0.5, 0.6) is 5.75 Å². The van der Waals surface area contributed by atoms with E-state index in [2.05, 4.69) is 45.9 Å². The van der Waals surface area contributed by atoms with Crippen LogP contribution < -0.4 is 0 Å². The zero-order chi connectivity index (χ0) is 19.5. The van der Waals surface area contributed by atoms with E-state index in [0.29, 0.717) is 17.6 Å². The minimum atomic E-state index is -0.556. The van der Waals surface area contributed by atoms with Gasteiger partial charge in [-0.2, -0.15) is 0 Å². The Hall–Kier alpha value is -0.466. The van der Waals surface area contributed by atoms with E-state index in [1.807, 2.05) is 24.3 Å². The molecule has 26 heavy (non-hydrogen) atoms. The van der Waals surface area contributed by atoms with Crippen LogP contribution in [0.15, 0.2) is 42.5 Å². The Bertz CT molecular complexity index is 646. The number of hydrogen-bond donors (Lipinski definition) is 1. The number of benzene rings is 2. The second-order valence-corrected chi connectivity index (χ2v) is 9.40. The molecule has 1 nitrogen and oxygen atoms in total. The van der Waals surface area contributed by atoms with E-state index in [0.717, 1.165) is 30.4 Å². The molecule has 0 aliphatic rings. The van der Waals surface area contributed by atoms with Crippen LogP contribution >= 0.6 is 18.6 Å². The minimum absolute atomic E-state index is 0.426. The van der Waals surface area contributed by atoms with Crippen molar-refractivity contribution in [3.8, 4) is 16.9 Å². The molecule has 2 aromatic rings. The maximum absolute atomic E-state index is 10.8.